The highest BCUT2D eigenvalue weighted by atomic mass is 32.2. The highest BCUT2D eigenvalue weighted by Gasteiger charge is 2.21. The minimum absolute atomic E-state index is 0.331. The fourth-order valence-electron chi connectivity index (χ4n) is 2.81. The van der Waals surface area contributed by atoms with Crippen LogP contribution in [0.5, 0.6) is 5.75 Å². The van der Waals surface area contributed by atoms with Gasteiger partial charge >= 0.3 is 0 Å². The number of fused-ring (bicyclic) bond motifs is 1. The van der Waals surface area contributed by atoms with E-state index in [1.54, 1.807) is 7.11 Å². The van der Waals surface area contributed by atoms with E-state index >= 15 is 0 Å². The lowest BCUT2D eigenvalue weighted by Gasteiger charge is -2.29. The highest BCUT2D eigenvalue weighted by molar-refractivity contribution is 7.99. The van der Waals surface area contributed by atoms with E-state index < -0.39 is 0 Å². The van der Waals surface area contributed by atoms with Gasteiger partial charge in [0, 0.05) is 17.0 Å². The van der Waals surface area contributed by atoms with E-state index in [0.717, 1.165) is 5.75 Å². The molecule has 0 spiro atoms. The van der Waals surface area contributed by atoms with Crippen molar-refractivity contribution in [1.29, 1.82) is 0 Å². The normalized spacial score (nSPS) is 18.9. The predicted molar refractivity (Wildman–Crippen MR) is 89.1 cm³/mol. The quantitative estimate of drug-likeness (QED) is 0.892. The smallest absolute Gasteiger partial charge is 0.118 e. The summed E-state index contributed by atoms with van der Waals surface area (Å²) in [5.41, 5.74) is 2.74. The van der Waals surface area contributed by atoms with E-state index in [1.165, 1.54) is 28.2 Å². The summed E-state index contributed by atoms with van der Waals surface area (Å²) in [5.74, 6) is 2.09. The molecule has 1 aliphatic heterocycles. The lowest BCUT2D eigenvalue weighted by Crippen LogP contribution is -2.27. The van der Waals surface area contributed by atoms with E-state index in [4.69, 9.17) is 4.74 Å². The third-order valence-electron chi connectivity index (χ3n) is 4.03. The predicted octanol–water partition coefficient (Wildman–Crippen LogP) is 4.58. The lowest BCUT2D eigenvalue weighted by atomic mass is 10.0. The Labute approximate surface area is 130 Å². The Kier molecular flexibility index (Phi) is 4.51. The fourth-order valence-corrected chi connectivity index (χ4v) is 3.93. The zero-order valence-corrected chi connectivity index (χ0v) is 13.3. The van der Waals surface area contributed by atoms with Crippen LogP contribution in [-0.2, 0) is 0 Å². The van der Waals surface area contributed by atoms with Gasteiger partial charge in [-0.25, -0.2) is 0 Å². The van der Waals surface area contributed by atoms with Crippen LogP contribution in [0.3, 0.4) is 0 Å². The summed E-state index contributed by atoms with van der Waals surface area (Å²) in [6, 6.07) is 17.8. The van der Waals surface area contributed by atoms with Crippen molar-refractivity contribution in [2.75, 3.05) is 12.9 Å². The van der Waals surface area contributed by atoms with E-state index in [-0.39, 0.29) is 0 Å². The molecule has 1 aliphatic rings. The Hall–Kier alpha value is -1.45. The maximum absolute atomic E-state index is 5.22. The van der Waals surface area contributed by atoms with E-state index in [1.807, 2.05) is 23.9 Å². The number of rotatable bonds is 4. The summed E-state index contributed by atoms with van der Waals surface area (Å²) in [6.07, 6.45) is 1.18. The van der Waals surface area contributed by atoms with Gasteiger partial charge in [0.25, 0.3) is 0 Å². The van der Waals surface area contributed by atoms with Gasteiger partial charge in [-0.2, -0.15) is 0 Å². The second-order valence-electron chi connectivity index (χ2n) is 5.39. The molecule has 0 saturated carbocycles. The zero-order valence-electron chi connectivity index (χ0n) is 12.5. The largest absolute Gasteiger partial charge is 0.497 e. The second kappa shape index (κ2) is 6.54. The lowest BCUT2D eigenvalue weighted by molar-refractivity contribution is 0.413. The van der Waals surface area contributed by atoms with Gasteiger partial charge in [-0.15, -0.1) is 11.8 Å². The number of hydrogen-bond donors (Lipinski definition) is 1. The van der Waals surface area contributed by atoms with Gasteiger partial charge < -0.3 is 10.1 Å². The number of nitrogens with one attached hydrogen (secondary N) is 1. The van der Waals surface area contributed by atoms with Crippen molar-refractivity contribution in [3.63, 3.8) is 0 Å². The highest BCUT2D eigenvalue weighted by Crippen LogP contribution is 2.37. The molecule has 2 atom stereocenters. The molecule has 2 aromatic rings. The summed E-state index contributed by atoms with van der Waals surface area (Å²) < 4.78 is 5.22. The Bertz CT molecular complexity index is 596. The van der Waals surface area contributed by atoms with Crippen LogP contribution in [0.25, 0.3) is 0 Å². The van der Waals surface area contributed by atoms with Crippen molar-refractivity contribution in [1.82, 2.24) is 5.32 Å². The van der Waals surface area contributed by atoms with Crippen LogP contribution in [0.1, 0.15) is 36.6 Å². The van der Waals surface area contributed by atoms with Gasteiger partial charge in [0.1, 0.15) is 5.75 Å². The average Bonchev–Trinajstić information content (AvgIpc) is 2.55. The number of hydrogen-bond acceptors (Lipinski definition) is 3. The Morgan fingerprint density at radius 1 is 1.14 bits per heavy atom. The summed E-state index contributed by atoms with van der Waals surface area (Å²) in [7, 11) is 1.70. The molecule has 1 heterocycles. The van der Waals surface area contributed by atoms with Crippen LogP contribution in [-0.4, -0.2) is 12.9 Å². The Morgan fingerprint density at radius 3 is 2.67 bits per heavy atom. The first-order valence-electron chi connectivity index (χ1n) is 7.39. The van der Waals surface area contributed by atoms with Crippen LogP contribution >= 0.6 is 11.8 Å². The number of methoxy groups -OCH3 is 1. The van der Waals surface area contributed by atoms with Crippen LogP contribution in [0.4, 0.5) is 0 Å². The van der Waals surface area contributed by atoms with Crippen molar-refractivity contribution in [3.8, 4) is 5.75 Å². The molecular formula is C18H21NOS. The summed E-state index contributed by atoms with van der Waals surface area (Å²) in [4.78, 5) is 1.42. The summed E-state index contributed by atoms with van der Waals surface area (Å²) in [5, 5.41) is 3.77. The molecule has 21 heavy (non-hydrogen) atoms. The van der Waals surface area contributed by atoms with E-state index in [9.17, 15) is 0 Å². The van der Waals surface area contributed by atoms with Gasteiger partial charge in [-0.05, 0) is 48.4 Å². The van der Waals surface area contributed by atoms with Crippen molar-refractivity contribution in [2.45, 2.75) is 30.3 Å². The molecule has 3 heteroatoms. The van der Waals surface area contributed by atoms with Gasteiger partial charge in [0.2, 0.25) is 0 Å². The third-order valence-corrected chi connectivity index (χ3v) is 5.15. The molecule has 0 saturated heterocycles. The monoisotopic (exact) mass is 299 g/mol. The van der Waals surface area contributed by atoms with Crippen LogP contribution in [0, 0.1) is 0 Å². The SMILES string of the molecule is COc1ccc(C(C)NC2CCSc3ccccc32)cc1. The van der Waals surface area contributed by atoms with Crippen molar-refractivity contribution >= 4 is 11.8 Å². The first-order valence-corrected chi connectivity index (χ1v) is 8.38. The van der Waals surface area contributed by atoms with Crippen molar-refractivity contribution in [3.05, 3.63) is 59.7 Å². The van der Waals surface area contributed by atoms with E-state index in [0.29, 0.717) is 12.1 Å². The minimum Gasteiger partial charge on any atom is -0.497 e. The first-order chi connectivity index (χ1) is 10.3. The van der Waals surface area contributed by atoms with E-state index in [2.05, 4.69) is 48.6 Å². The van der Waals surface area contributed by atoms with Gasteiger partial charge in [0.15, 0.2) is 0 Å². The molecule has 0 fully saturated rings. The molecule has 2 aromatic carbocycles. The molecule has 2 nitrogen and oxygen atoms in total. The molecule has 0 amide bonds. The molecule has 0 aromatic heterocycles. The molecule has 110 valence electrons. The van der Waals surface area contributed by atoms with Gasteiger partial charge in [-0.3, -0.25) is 0 Å². The molecule has 0 radical (unpaired) electrons. The molecule has 2 unspecified atom stereocenters. The van der Waals surface area contributed by atoms with Gasteiger partial charge in [0.05, 0.1) is 7.11 Å². The maximum Gasteiger partial charge on any atom is 0.118 e. The average molecular weight is 299 g/mol. The van der Waals surface area contributed by atoms with Crippen LogP contribution in [0.2, 0.25) is 0 Å². The van der Waals surface area contributed by atoms with Gasteiger partial charge in [-0.1, -0.05) is 30.3 Å². The van der Waals surface area contributed by atoms with Crippen molar-refractivity contribution in [2.24, 2.45) is 0 Å². The number of benzene rings is 2. The number of thioether (sulfide) groups is 1. The Balaban J connectivity index is 1.74. The topological polar surface area (TPSA) is 21.3 Å². The first kappa shape index (κ1) is 14.5. The summed E-state index contributed by atoms with van der Waals surface area (Å²) in [6.45, 7) is 2.23. The van der Waals surface area contributed by atoms with Crippen LogP contribution < -0.4 is 10.1 Å². The maximum atomic E-state index is 5.22. The molecule has 1 N–H and O–H groups in total. The van der Waals surface area contributed by atoms with Crippen molar-refractivity contribution < 1.29 is 4.74 Å². The third kappa shape index (κ3) is 3.25. The standard InChI is InChI=1S/C18H21NOS/c1-13(14-7-9-15(20-2)10-8-14)19-17-11-12-21-18-6-4-3-5-16(17)18/h3-10,13,17,19H,11-12H2,1-2H3. The second-order valence-corrected chi connectivity index (χ2v) is 6.53. The molecular weight excluding hydrogens is 278 g/mol. The Morgan fingerprint density at radius 2 is 1.90 bits per heavy atom. The fraction of sp³-hybridized carbons (Fsp3) is 0.333. The number of ether oxygens (including phenoxy) is 1. The molecule has 0 aliphatic carbocycles. The van der Waals surface area contributed by atoms with Crippen LogP contribution in [0.15, 0.2) is 53.4 Å². The molecule has 3 rings (SSSR count). The zero-order chi connectivity index (χ0) is 14.7. The molecule has 0 bridgehead atoms. The minimum atomic E-state index is 0.331. The summed E-state index contributed by atoms with van der Waals surface area (Å²) >= 11 is 1.96.